The molecule has 8 heteroatoms. The van der Waals surface area contributed by atoms with Crippen LogP contribution in [0.15, 0.2) is 77.7 Å². The van der Waals surface area contributed by atoms with Crippen LogP contribution >= 0.6 is 0 Å². The summed E-state index contributed by atoms with van der Waals surface area (Å²) in [6.45, 7) is 2.15. The van der Waals surface area contributed by atoms with E-state index in [1.54, 1.807) is 61.5 Å². The summed E-state index contributed by atoms with van der Waals surface area (Å²) in [5, 5.41) is 3.03. The molecular weight excluding hydrogens is 428 g/mol. The minimum atomic E-state index is -3.70. The quantitative estimate of drug-likeness (QED) is 0.462. The van der Waals surface area contributed by atoms with Gasteiger partial charge in [-0.1, -0.05) is 18.2 Å². The fourth-order valence-electron chi connectivity index (χ4n) is 3.25. The highest BCUT2D eigenvalue weighted by atomic mass is 32.2. The van der Waals surface area contributed by atoms with Crippen molar-refractivity contribution in [2.45, 2.75) is 11.8 Å². The summed E-state index contributed by atoms with van der Waals surface area (Å²) >= 11 is 0. The van der Waals surface area contributed by atoms with Gasteiger partial charge in [0.15, 0.2) is 17.3 Å². The van der Waals surface area contributed by atoms with Gasteiger partial charge in [-0.05, 0) is 61.5 Å². The standard InChI is InChI=1S/C24H26N2O5S/c1-4-26(20-8-6-5-7-9-20)32(28,29)21-13-11-19(12-14-21)25-17-22(27)18-10-15-23(30-2)24(16-18)31-3/h5-16,25H,4,17H2,1-3H3. The number of hydrogen-bond donors (Lipinski definition) is 1. The van der Waals surface area contributed by atoms with Gasteiger partial charge < -0.3 is 14.8 Å². The number of benzene rings is 3. The Balaban J connectivity index is 1.70. The van der Waals surface area contributed by atoms with E-state index in [9.17, 15) is 13.2 Å². The van der Waals surface area contributed by atoms with E-state index >= 15 is 0 Å². The van der Waals surface area contributed by atoms with Gasteiger partial charge in [-0.25, -0.2) is 8.42 Å². The maximum absolute atomic E-state index is 13.1. The number of Topliss-reactive ketones (excluding diaryl/α,β-unsaturated/α-hetero) is 1. The Labute approximate surface area is 188 Å². The summed E-state index contributed by atoms with van der Waals surface area (Å²) in [5.74, 6) is 0.890. The average Bonchev–Trinajstić information content (AvgIpc) is 2.83. The summed E-state index contributed by atoms with van der Waals surface area (Å²) in [5.41, 5.74) is 1.73. The third kappa shape index (κ3) is 5.03. The van der Waals surface area contributed by atoms with Crippen LogP contribution in [0.5, 0.6) is 11.5 Å². The van der Waals surface area contributed by atoms with Crippen molar-refractivity contribution < 1.29 is 22.7 Å². The molecule has 1 N–H and O–H groups in total. The number of ether oxygens (including phenoxy) is 2. The molecule has 0 saturated heterocycles. The van der Waals surface area contributed by atoms with Gasteiger partial charge >= 0.3 is 0 Å². The summed E-state index contributed by atoms with van der Waals surface area (Å²) in [7, 11) is -0.653. The minimum absolute atomic E-state index is 0.0483. The number of ketones is 1. The maximum Gasteiger partial charge on any atom is 0.264 e. The molecule has 32 heavy (non-hydrogen) atoms. The van der Waals surface area contributed by atoms with Crippen molar-refractivity contribution >= 4 is 27.2 Å². The lowest BCUT2D eigenvalue weighted by Gasteiger charge is -2.23. The Hall–Kier alpha value is -3.52. The van der Waals surface area contributed by atoms with Gasteiger partial charge in [-0.3, -0.25) is 9.10 Å². The zero-order valence-corrected chi connectivity index (χ0v) is 19.1. The number of carbonyl (C=O) groups excluding carboxylic acids is 1. The summed E-state index contributed by atoms with van der Waals surface area (Å²) < 4.78 is 37.9. The van der Waals surface area contributed by atoms with Gasteiger partial charge in [0.2, 0.25) is 0 Å². The van der Waals surface area contributed by atoms with E-state index in [0.717, 1.165) is 0 Å². The summed E-state index contributed by atoms with van der Waals surface area (Å²) in [6.07, 6.45) is 0. The lowest BCUT2D eigenvalue weighted by atomic mass is 10.1. The van der Waals surface area contributed by atoms with Gasteiger partial charge in [0.25, 0.3) is 10.0 Å². The predicted molar refractivity (Wildman–Crippen MR) is 125 cm³/mol. The molecule has 3 rings (SSSR count). The monoisotopic (exact) mass is 454 g/mol. The van der Waals surface area contributed by atoms with Crippen LogP contribution < -0.4 is 19.1 Å². The smallest absolute Gasteiger partial charge is 0.264 e. The SMILES string of the molecule is CCN(c1ccccc1)S(=O)(=O)c1ccc(NCC(=O)c2ccc(OC)c(OC)c2)cc1. The molecule has 0 aliphatic carbocycles. The minimum Gasteiger partial charge on any atom is -0.493 e. The van der Waals surface area contributed by atoms with Gasteiger partial charge in [-0.2, -0.15) is 0 Å². The molecule has 0 heterocycles. The molecule has 168 valence electrons. The van der Waals surface area contributed by atoms with E-state index in [1.165, 1.54) is 30.7 Å². The van der Waals surface area contributed by atoms with Crippen molar-refractivity contribution in [3.05, 3.63) is 78.4 Å². The number of rotatable bonds is 10. The molecular formula is C24H26N2O5S. The van der Waals surface area contributed by atoms with Gasteiger partial charge in [0.05, 0.1) is 31.3 Å². The van der Waals surface area contributed by atoms with Gasteiger partial charge in [0.1, 0.15) is 0 Å². The number of methoxy groups -OCH3 is 2. The Bertz CT molecular complexity index is 1160. The molecule has 0 radical (unpaired) electrons. The molecule has 0 fully saturated rings. The van der Waals surface area contributed by atoms with Crippen molar-refractivity contribution in [3.8, 4) is 11.5 Å². The molecule has 3 aromatic carbocycles. The van der Waals surface area contributed by atoms with Crippen molar-refractivity contribution in [3.63, 3.8) is 0 Å². The van der Waals surface area contributed by atoms with Crippen LogP contribution in [0.1, 0.15) is 17.3 Å². The number of anilines is 2. The second kappa shape index (κ2) is 10.2. The lowest BCUT2D eigenvalue weighted by molar-refractivity contribution is 0.101. The highest BCUT2D eigenvalue weighted by molar-refractivity contribution is 7.92. The topological polar surface area (TPSA) is 84.9 Å². The molecule has 0 spiro atoms. The van der Waals surface area contributed by atoms with Crippen molar-refractivity contribution in [1.29, 1.82) is 0 Å². The second-order valence-corrected chi connectivity index (χ2v) is 8.74. The third-order valence-corrected chi connectivity index (χ3v) is 6.85. The second-order valence-electron chi connectivity index (χ2n) is 6.88. The molecule has 0 unspecified atom stereocenters. The Kier molecular flexibility index (Phi) is 7.37. The number of nitrogens with zero attached hydrogens (tertiary/aromatic N) is 1. The van der Waals surface area contributed by atoms with Crippen LogP contribution in [0.4, 0.5) is 11.4 Å². The van der Waals surface area contributed by atoms with Gasteiger partial charge in [0, 0.05) is 17.8 Å². The van der Waals surface area contributed by atoms with Crippen LogP contribution in [0.25, 0.3) is 0 Å². The molecule has 0 aliphatic rings. The molecule has 0 saturated carbocycles. The maximum atomic E-state index is 13.1. The molecule has 3 aromatic rings. The first-order valence-corrected chi connectivity index (χ1v) is 11.5. The molecule has 0 atom stereocenters. The molecule has 0 aliphatic heterocycles. The molecule has 0 amide bonds. The molecule has 7 nitrogen and oxygen atoms in total. The molecule has 0 aromatic heterocycles. The first kappa shape index (κ1) is 23.1. The highest BCUT2D eigenvalue weighted by Crippen LogP contribution is 2.28. The normalized spacial score (nSPS) is 11.0. The van der Waals surface area contributed by atoms with Crippen LogP contribution in [-0.2, 0) is 10.0 Å². The van der Waals surface area contributed by atoms with E-state index in [2.05, 4.69) is 5.32 Å². The lowest BCUT2D eigenvalue weighted by Crippen LogP contribution is -2.30. The first-order valence-electron chi connectivity index (χ1n) is 10.1. The van der Waals surface area contributed by atoms with E-state index in [-0.39, 0.29) is 17.2 Å². The Morgan fingerprint density at radius 1 is 0.906 bits per heavy atom. The van der Waals surface area contributed by atoms with Crippen LogP contribution in [0.3, 0.4) is 0 Å². The fraction of sp³-hybridized carbons (Fsp3) is 0.208. The number of para-hydroxylation sites is 1. The number of sulfonamides is 1. The van der Waals surface area contributed by atoms with Crippen LogP contribution in [0.2, 0.25) is 0 Å². The van der Waals surface area contributed by atoms with Crippen molar-refractivity contribution in [2.24, 2.45) is 0 Å². The Morgan fingerprint density at radius 3 is 2.16 bits per heavy atom. The number of hydrogen-bond acceptors (Lipinski definition) is 6. The van der Waals surface area contributed by atoms with Crippen molar-refractivity contribution in [1.82, 2.24) is 0 Å². The highest BCUT2D eigenvalue weighted by Gasteiger charge is 2.23. The number of carbonyl (C=O) groups is 1. The third-order valence-electron chi connectivity index (χ3n) is 4.93. The zero-order chi connectivity index (χ0) is 23.1. The van der Waals surface area contributed by atoms with Crippen LogP contribution in [0, 0.1) is 0 Å². The van der Waals surface area contributed by atoms with E-state index in [1.807, 2.05) is 6.07 Å². The predicted octanol–water partition coefficient (Wildman–Crippen LogP) is 4.21. The van der Waals surface area contributed by atoms with E-state index < -0.39 is 10.0 Å². The summed E-state index contributed by atoms with van der Waals surface area (Å²) in [4.78, 5) is 12.7. The zero-order valence-electron chi connectivity index (χ0n) is 18.2. The average molecular weight is 455 g/mol. The van der Waals surface area contributed by atoms with Crippen molar-refractivity contribution in [2.75, 3.05) is 36.9 Å². The van der Waals surface area contributed by atoms with Gasteiger partial charge in [-0.15, -0.1) is 0 Å². The summed E-state index contributed by atoms with van der Waals surface area (Å²) in [6, 6.07) is 20.3. The Morgan fingerprint density at radius 2 is 1.56 bits per heavy atom. The van der Waals surface area contributed by atoms with E-state index in [4.69, 9.17) is 9.47 Å². The van der Waals surface area contributed by atoms with E-state index in [0.29, 0.717) is 35.0 Å². The molecule has 0 bridgehead atoms. The largest absolute Gasteiger partial charge is 0.493 e. The number of nitrogens with one attached hydrogen (secondary N) is 1. The first-order chi connectivity index (χ1) is 15.4. The fourth-order valence-corrected chi connectivity index (χ4v) is 4.73. The van der Waals surface area contributed by atoms with Crippen LogP contribution in [-0.4, -0.2) is 41.5 Å².